The van der Waals surface area contributed by atoms with Gasteiger partial charge in [-0.15, -0.1) is 0 Å². The zero-order valence-electron chi connectivity index (χ0n) is 8.26. The topological polar surface area (TPSA) is 66.9 Å². The maximum Gasteiger partial charge on any atom is 0.452 e. The van der Waals surface area contributed by atoms with Crippen LogP contribution < -0.4 is 10.6 Å². The van der Waals surface area contributed by atoms with E-state index in [0.29, 0.717) is 24.6 Å². The number of amides is 1. The SMILES string of the molecule is CC(=O)NCCNc1nc(C(F)(F)F)ns1. The van der Waals surface area contributed by atoms with Gasteiger partial charge in [0, 0.05) is 31.5 Å². The minimum Gasteiger partial charge on any atom is -0.359 e. The van der Waals surface area contributed by atoms with E-state index < -0.39 is 12.0 Å². The second-order valence-corrected chi connectivity index (χ2v) is 3.58. The fourth-order valence-corrected chi connectivity index (χ4v) is 1.43. The standard InChI is InChI=1S/C7H9F3N4OS/c1-4(15)11-2-3-12-6-13-5(14-16-6)7(8,9)10/h2-3H2,1H3,(H,11,15)(H,12,13,14). The minimum absolute atomic E-state index is 0.0812. The van der Waals surface area contributed by atoms with Gasteiger partial charge in [-0.25, -0.2) is 0 Å². The molecule has 1 aromatic heterocycles. The van der Waals surface area contributed by atoms with Crippen LogP contribution in [0.4, 0.5) is 18.3 Å². The first-order valence-corrected chi connectivity index (χ1v) is 5.06. The average molecular weight is 254 g/mol. The third kappa shape index (κ3) is 4.01. The van der Waals surface area contributed by atoms with Crippen LogP contribution in [-0.4, -0.2) is 28.4 Å². The number of anilines is 1. The van der Waals surface area contributed by atoms with Crippen molar-refractivity contribution in [3.8, 4) is 0 Å². The summed E-state index contributed by atoms with van der Waals surface area (Å²) < 4.78 is 39.4. The molecule has 0 radical (unpaired) electrons. The first-order chi connectivity index (χ1) is 7.39. The highest BCUT2D eigenvalue weighted by molar-refractivity contribution is 7.09. The van der Waals surface area contributed by atoms with E-state index >= 15 is 0 Å². The van der Waals surface area contributed by atoms with E-state index in [9.17, 15) is 18.0 Å². The van der Waals surface area contributed by atoms with Gasteiger partial charge < -0.3 is 10.6 Å². The van der Waals surface area contributed by atoms with Crippen LogP contribution in [0.25, 0.3) is 0 Å². The van der Waals surface area contributed by atoms with Crippen molar-refractivity contribution in [3.05, 3.63) is 5.82 Å². The predicted molar refractivity (Wildman–Crippen MR) is 52.1 cm³/mol. The van der Waals surface area contributed by atoms with Crippen molar-refractivity contribution >= 4 is 22.6 Å². The fourth-order valence-electron chi connectivity index (χ4n) is 0.818. The van der Waals surface area contributed by atoms with Crippen molar-refractivity contribution in [2.45, 2.75) is 13.1 Å². The van der Waals surface area contributed by atoms with E-state index in [0.717, 1.165) is 0 Å². The molecule has 9 heteroatoms. The Kier molecular flexibility index (Phi) is 4.05. The molecule has 0 spiro atoms. The molecule has 1 heterocycles. The van der Waals surface area contributed by atoms with Gasteiger partial charge >= 0.3 is 6.18 Å². The number of halogens is 3. The van der Waals surface area contributed by atoms with Gasteiger partial charge in [0.2, 0.25) is 16.9 Å². The van der Waals surface area contributed by atoms with Gasteiger partial charge in [-0.2, -0.15) is 22.5 Å². The molecule has 16 heavy (non-hydrogen) atoms. The Labute approximate surface area is 93.2 Å². The summed E-state index contributed by atoms with van der Waals surface area (Å²) in [7, 11) is 0. The Morgan fingerprint density at radius 1 is 1.44 bits per heavy atom. The van der Waals surface area contributed by atoms with Gasteiger partial charge in [0.1, 0.15) is 0 Å². The molecule has 0 aliphatic carbocycles. The van der Waals surface area contributed by atoms with Crippen molar-refractivity contribution in [1.29, 1.82) is 0 Å². The lowest BCUT2D eigenvalue weighted by molar-refractivity contribution is -0.144. The smallest absolute Gasteiger partial charge is 0.359 e. The van der Waals surface area contributed by atoms with Crippen molar-refractivity contribution in [2.24, 2.45) is 0 Å². The molecule has 1 rings (SSSR count). The molecule has 0 saturated carbocycles. The van der Waals surface area contributed by atoms with Crippen molar-refractivity contribution in [2.75, 3.05) is 18.4 Å². The molecule has 0 aliphatic heterocycles. The summed E-state index contributed by atoms with van der Waals surface area (Å²) in [5.74, 6) is -1.35. The third-order valence-electron chi connectivity index (χ3n) is 1.45. The highest BCUT2D eigenvalue weighted by Gasteiger charge is 2.35. The van der Waals surface area contributed by atoms with Crippen LogP contribution in [0.1, 0.15) is 12.7 Å². The number of nitrogens with one attached hydrogen (secondary N) is 2. The summed E-state index contributed by atoms with van der Waals surface area (Å²) in [6, 6.07) is 0. The van der Waals surface area contributed by atoms with Crippen LogP contribution in [-0.2, 0) is 11.0 Å². The maximum absolute atomic E-state index is 12.1. The Morgan fingerprint density at radius 2 is 2.12 bits per heavy atom. The second kappa shape index (κ2) is 5.10. The molecule has 5 nitrogen and oxygen atoms in total. The van der Waals surface area contributed by atoms with E-state index in [4.69, 9.17) is 0 Å². The van der Waals surface area contributed by atoms with Crippen LogP contribution in [0.15, 0.2) is 0 Å². The Balaban J connectivity index is 2.38. The predicted octanol–water partition coefficient (Wildman–Crippen LogP) is 1.10. The summed E-state index contributed by atoms with van der Waals surface area (Å²) in [6.45, 7) is 1.97. The third-order valence-corrected chi connectivity index (χ3v) is 2.13. The largest absolute Gasteiger partial charge is 0.452 e. The molecule has 90 valence electrons. The molecule has 2 N–H and O–H groups in total. The highest BCUT2D eigenvalue weighted by Crippen LogP contribution is 2.28. The van der Waals surface area contributed by atoms with Crippen molar-refractivity contribution < 1.29 is 18.0 Å². The van der Waals surface area contributed by atoms with E-state index in [1.54, 1.807) is 0 Å². The lowest BCUT2D eigenvalue weighted by atomic mass is 10.6. The maximum atomic E-state index is 12.1. The summed E-state index contributed by atoms with van der Waals surface area (Å²) >= 11 is 0.630. The number of hydrogen-bond donors (Lipinski definition) is 2. The normalized spacial score (nSPS) is 11.2. The minimum atomic E-state index is -4.52. The highest BCUT2D eigenvalue weighted by atomic mass is 32.1. The first-order valence-electron chi connectivity index (χ1n) is 4.29. The lowest BCUT2D eigenvalue weighted by Crippen LogP contribution is -2.26. The van der Waals surface area contributed by atoms with Crippen LogP contribution >= 0.6 is 11.5 Å². The van der Waals surface area contributed by atoms with Gasteiger partial charge in [0.15, 0.2) is 0 Å². The first kappa shape index (κ1) is 12.7. The molecule has 0 saturated heterocycles. The molecule has 1 aromatic rings. The molecule has 1 amide bonds. The van der Waals surface area contributed by atoms with E-state index in [1.807, 2.05) is 0 Å². The van der Waals surface area contributed by atoms with Crippen LogP contribution in [0, 0.1) is 0 Å². The van der Waals surface area contributed by atoms with E-state index in [2.05, 4.69) is 20.0 Å². The number of nitrogens with zero attached hydrogens (tertiary/aromatic N) is 2. The summed E-state index contributed by atoms with van der Waals surface area (Å²) in [6.07, 6.45) is -4.52. The van der Waals surface area contributed by atoms with Gasteiger partial charge in [-0.1, -0.05) is 0 Å². The Hall–Kier alpha value is -1.38. The lowest BCUT2D eigenvalue weighted by Gasteiger charge is -2.02. The quantitative estimate of drug-likeness (QED) is 0.790. The van der Waals surface area contributed by atoms with E-state index in [1.165, 1.54) is 6.92 Å². The van der Waals surface area contributed by atoms with E-state index in [-0.39, 0.29) is 11.0 Å². The monoisotopic (exact) mass is 254 g/mol. The number of carbonyl (C=O) groups excluding carboxylic acids is 1. The second-order valence-electron chi connectivity index (χ2n) is 2.83. The number of alkyl halides is 3. The summed E-state index contributed by atoms with van der Waals surface area (Å²) in [4.78, 5) is 13.7. The van der Waals surface area contributed by atoms with Gasteiger partial charge in [0.05, 0.1) is 0 Å². The van der Waals surface area contributed by atoms with Gasteiger partial charge in [-0.3, -0.25) is 4.79 Å². The molecule has 0 bridgehead atoms. The Morgan fingerprint density at radius 3 is 2.62 bits per heavy atom. The molecule has 0 aromatic carbocycles. The molecular formula is C7H9F3N4OS. The number of rotatable bonds is 4. The van der Waals surface area contributed by atoms with Gasteiger partial charge in [0.25, 0.3) is 0 Å². The van der Waals surface area contributed by atoms with Crippen molar-refractivity contribution in [1.82, 2.24) is 14.7 Å². The number of aromatic nitrogens is 2. The van der Waals surface area contributed by atoms with Crippen LogP contribution in [0.2, 0.25) is 0 Å². The molecule has 0 atom stereocenters. The molecule has 0 fully saturated rings. The zero-order chi connectivity index (χ0) is 12.2. The van der Waals surface area contributed by atoms with Gasteiger partial charge in [-0.05, 0) is 0 Å². The van der Waals surface area contributed by atoms with Crippen LogP contribution in [0.3, 0.4) is 0 Å². The number of hydrogen-bond acceptors (Lipinski definition) is 5. The fraction of sp³-hybridized carbons (Fsp3) is 0.571. The average Bonchev–Trinajstić information content (AvgIpc) is 2.59. The zero-order valence-corrected chi connectivity index (χ0v) is 9.08. The molecule has 0 aliphatic rings. The summed E-state index contributed by atoms with van der Waals surface area (Å²) in [5.41, 5.74) is 0. The number of carbonyl (C=O) groups is 1. The van der Waals surface area contributed by atoms with Crippen LogP contribution in [0.5, 0.6) is 0 Å². The molecular weight excluding hydrogens is 245 g/mol. The van der Waals surface area contributed by atoms with Crippen molar-refractivity contribution in [3.63, 3.8) is 0 Å². The summed E-state index contributed by atoms with van der Waals surface area (Å²) in [5, 5.41) is 5.19. The Bertz CT molecular complexity index is 365. The molecule has 0 unspecified atom stereocenters.